The number of amides is 3. The molecular weight excluding hydrogens is 554 g/mol. The topological polar surface area (TPSA) is 105 Å². The number of aromatic nitrogens is 2. The number of hydrogen-bond donors (Lipinski definition) is 3. The van der Waals surface area contributed by atoms with E-state index in [4.69, 9.17) is 11.6 Å². The standard InChI is InChI=1S/C27H32ClF4N5O3/c1-13(2)37-21(8-9-34-37)25(39)36-23(22(15-4-5-15)16-6-7-16)26(40)35-20-11-18(28)17(10-19(20)29)14(3)24(38)33-12-27(30,31)32/h8-11,13-16,22-23H,4-7,12H2,1-3H3,(H,33,38)(H,35,40)(H,36,39)/t14?,23-/m0/s1. The van der Waals surface area contributed by atoms with Gasteiger partial charge in [0, 0.05) is 17.3 Å². The molecular formula is C27H32ClF4N5O3. The SMILES string of the molecule is CC(C(=O)NCC(F)(F)F)c1cc(F)c(NC(=O)[C@@H](NC(=O)c2ccnn2C(C)C)C(C2CC2)C2CC2)cc1Cl. The Hall–Kier alpha value is -3.15. The second-order valence-corrected chi connectivity index (χ2v) is 11.3. The van der Waals surface area contributed by atoms with Gasteiger partial charge in [-0.1, -0.05) is 11.6 Å². The predicted octanol–water partition coefficient (Wildman–Crippen LogP) is 5.21. The van der Waals surface area contributed by atoms with E-state index in [1.165, 1.54) is 13.1 Å². The summed E-state index contributed by atoms with van der Waals surface area (Å²) in [6.07, 6.45) is 0.661. The lowest BCUT2D eigenvalue weighted by Gasteiger charge is -2.28. The fourth-order valence-electron chi connectivity index (χ4n) is 5.03. The number of benzene rings is 1. The summed E-state index contributed by atoms with van der Waals surface area (Å²) in [5.74, 6) is -3.72. The molecule has 2 aromatic rings. The molecule has 1 heterocycles. The monoisotopic (exact) mass is 585 g/mol. The van der Waals surface area contributed by atoms with Crippen LogP contribution in [-0.2, 0) is 9.59 Å². The van der Waals surface area contributed by atoms with Gasteiger partial charge in [-0.15, -0.1) is 0 Å². The Bertz CT molecular complexity index is 1260. The number of alkyl halides is 3. The molecule has 3 N–H and O–H groups in total. The van der Waals surface area contributed by atoms with Gasteiger partial charge in [0.15, 0.2) is 0 Å². The highest BCUT2D eigenvalue weighted by molar-refractivity contribution is 6.32. The summed E-state index contributed by atoms with van der Waals surface area (Å²) in [6, 6.07) is 2.58. The van der Waals surface area contributed by atoms with Crippen molar-refractivity contribution in [1.82, 2.24) is 20.4 Å². The van der Waals surface area contributed by atoms with Crippen molar-refractivity contribution in [2.45, 2.75) is 70.6 Å². The van der Waals surface area contributed by atoms with Gasteiger partial charge in [-0.05, 0) is 88.0 Å². The Kier molecular flexibility index (Phi) is 8.77. The van der Waals surface area contributed by atoms with E-state index < -0.39 is 48.2 Å². The molecule has 4 rings (SSSR count). The zero-order chi connectivity index (χ0) is 29.4. The fourth-order valence-corrected chi connectivity index (χ4v) is 5.36. The average Bonchev–Trinajstić information content (AvgIpc) is 3.82. The van der Waals surface area contributed by atoms with Gasteiger partial charge in [0.2, 0.25) is 11.8 Å². The van der Waals surface area contributed by atoms with Crippen LogP contribution < -0.4 is 16.0 Å². The maximum Gasteiger partial charge on any atom is 0.405 e. The Morgan fingerprint density at radius 2 is 1.70 bits per heavy atom. The molecule has 3 amide bonds. The van der Waals surface area contributed by atoms with Crippen molar-refractivity contribution in [2.75, 3.05) is 11.9 Å². The Balaban J connectivity index is 1.54. The van der Waals surface area contributed by atoms with Gasteiger partial charge in [-0.25, -0.2) is 4.39 Å². The molecule has 2 atom stereocenters. The van der Waals surface area contributed by atoms with Gasteiger partial charge in [-0.3, -0.25) is 19.1 Å². The molecule has 0 aliphatic heterocycles. The van der Waals surface area contributed by atoms with E-state index in [0.29, 0.717) is 5.69 Å². The maximum atomic E-state index is 15.1. The predicted molar refractivity (Wildman–Crippen MR) is 140 cm³/mol. The molecule has 1 aromatic heterocycles. The van der Waals surface area contributed by atoms with Gasteiger partial charge < -0.3 is 16.0 Å². The van der Waals surface area contributed by atoms with E-state index in [-0.39, 0.29) is 40.1 Å². The van der Waals surface area contributed by atoms with Gasteiger partial charge >= 0.3 is 6.18 Å². The van der Waals surface area contributed by atoms with E-state index >= 15 is 4.39 Å². The molecule has 2 aliphatic carbocycles. The van der Waals surface area contributed by atoms with Crippen molar-refractivity contribution in [1.29, 1.82) is 0 Å². The molecule has 0 saturated heterocycles. The second kappa shape index (κ2) is 11.8. The van der Waals surface area contributed by atoms with E-state index in [0.717, 1.165) is 37.8 Å². The summed E-state index contributed by atoms with van der Waals surface area (Å²) in [7, 11) is 0. The first-order valence-corrected chi connectivity index (χ1v) is 13.6. The largest absolute Gasteiger partial charge is 0.405 e. The van der Waals surface area contributed by atoms with Crippen molar-refractivity contribution in [3.05, 3.63) is 46.5 Å². The molecule has 218 valence electrons. The second-order valence-electron chi connectivity index (χ2n) is 10.9. The third-order valence-electron chi connectivity index (χ3n) is 7.35. The van der Waals surface area contributed by atoms with Crippen molar-refractivity contribution in [2.24, 2.45) is 17.8 Å². The maximum absolute atomic E-state index is 15.1. The van der Waals surface area contributed by atoms with Crippen LogP contribution in [0.3, 0.4) is 0 Å². The number of carbonyl (C=O) groups excluding carboxylic acids is 3. The number of anilines is 1. The number of rotatable bonds is 11. The summed E-state index contributed by atoms with van der Waals surface area (Å²) in [6.45, 7) is 3.52. The number of nitrogens with zero attached hydrogens (tertiary/aromatic N) is 2. The van der Waals surface area contributed by atoms with Crippen molar-refractivity contribution < 1.29 is 31.9 Å². The molecule has 40 heavy (non-hydrogen) atoms. The van der Waals surface area contributed by atoms with Crippen LogP contribution in [0.25, 0.3) is 0 Å². The number of carbonyl (C=O) groups is 3. The number of hydrogen-bond acceptors (Lipinski definition) is 4. The lowest BCUT2D eigenvalue weighted by atomic mass is 9.88. The van der Waals surface area contributed by atoms with Crippen molar-refractivity contribution in [3.63, 3.8) is 0 Å². The Labute approximate surface area is 234 Å². The molecule has 2 fully saturated rings. The van der Waals surface area contributed by atoms with Crippen LogP contribution in [0, 0.1) is 23.6 Å². The van der Waals surface area contributed by atoms with E-state index in [2.05, 4.69) is 15.7 Å². The third kappa shape index (κ3) is 7.13. The first-order valence-electron chi connectivity index (χ1n) is 13.3. The molecule has 0 radical (unpaired) electrons. The highest BCUT2D eigenvalue weighted by atomic mass is 35.5. The van der Waals surface area contributed by atoms with Crippen LogP contribution in [0.5, 0.6) is 0 Å². The van der Waals surface area contributed by atoms with Crippen LogP contribution >= 0.6 is 11.6 Å². The molecule has 2 aliphatic rings. The van der Waals surface area contributed by atoms with Crippen LogP contribution in [0.15, 0.2) is 24.4 Å². The molecule has 1 aromatic carbocycles. The van der Waals surface area contributed by atoms with Crippen LogP contribution in [-0.4, -0.2) is 46.3 Å². The minimum Gasteiger partial charge on any atom is -0.346 e. The Morgan fingerprint density at radius 3 is 2.25 bits per heavy atom. The van der Waals surface area contributed by atoms with Gasteiger partial charge in [-0.2, -0.15) is 18.3 Å². The van der Waals surface area contributed by atoms with Gasteiger partial charge in [0.25, 0.3) is 5.91 Å². The molecule has 2 saturated carbocycles. The minimum absolute atomic E-state index is 0.0301. The van der Waals surface area contributed by atoms with Crippen molar-refractivity contribution >= 4 is 35.0 Å². The summed E-state index contributed by atoms with van der Waals surface area (Å²) in [5, 5.41) is 11.2. The zero-order valence-electron chi connectivity index (χ0n) is 22.3. The van der Waals surface area contributed by atoms with Crippen LogP contribution in [0.4, 0.5) is 23.2 Å². The van der Waals surface area contributed by atoms with E-state index in [9.17, 15) is 27.6 Å². The molecule has 1 unspecified atom stereocenters. The zero-order valence-corrected chi connectivity index (χ0v) is 23.1. The third-order valence-corrected chi connectivity index (χ3v) is 7.67. The van der Waals surface area contributed by atoms with Crippen LogP contribution in [0.1, 0.15) is 74.5 Å². The number of nitrogens with one attached hydrogen (secondary N) is 3. The molecule has 13 heteroatoms. The van der Waals surface area contributed by atoms with Gasteiger partial charge in [0.05, 0.1) is 11.6 Å². The minimum atomic E-state index is -4.60. The summed E-state index contributed by atoms with van der Waals surface area (Å²) in [5.41, 5.74) is 0.00505. The smallest absolute Gasteiger partial charge is 0.346 e. The average molecular weight is 586 g/mol. The number of halogens is 5. The highest BCUT2D eigenvalue weighted by Crippen LogP contribution is 2.51. The van der Waals surface area contributed by atoms with Gasteiger partial charge in [0.1, 0.15) is 24.1 Å². The van der Waals surface area contributed by atoms with Crippen molar-refractivity contribution in [3.8, 4) is 0 Å². The highest BCUT2D eigenvalue weighted by Gasteiger charge is 2.48. The summed E-state index contributed by atoms with van der Waals surface area (Å²) >= 11 is 6.28. The molecule has 0 spiro atoms. The first kappa shape index (κ1) is 29.8. The van der Waals surface area contributed by atoms with E-state index in [1.807, 2.05) is 13.8 Å². The quantitative estimate of drug-likeness (QED) is 0.315. The Morgan fingerprint density at radius 1 is 1.07 bits per heavy atom. The molecule has 0 bridgehead atoms. The van der Waals surface area contributed by atoms with E-state index in [1.54, 1.807) is 16.1 Å². The normalized spacial score (nSPS) is 17.1. The summed E-state index contributed by atoms with van der Waals surface area (Å²) < 4.78 is 54.1. The molecule has 8 nitrogen and oxygen atoms in total. The fraction of sp³-hybridized carbons (Fsp3) is 0.556. The summed E-state index contributed by atoms with van der Waals surface area (Å²) in [4.78, 5) is 39.0. The van der Waals surface area contributed by atoms with Crippen LogP contribution in [0.2, 0.25) is 5.02 Å². The lowest BCUT2D eigenvalue weighted by Crippen LogP contribution is -2.50. The lowest BCUT2D eigenvalue weighted by molar-refractivity contribution is -0.139. The first-order chi connectivity index (χ1) is 18.8.